The van der Waals surface area contributed by atoms with E-state index in [1.807, 2.05) is 46.0 Å². The lowest BCUT2D eigenvalue weighted by Gasteiger charge is -2.45. The number of para-hydroxylation sites is 1. The minimum atomic E-state index is 0.169. The molecule has 0 spiro atoms. The van der Waals surface area contributed by atoms with Crippen LogP contribution in [0, 0.1) is 11.3 Å². The molecular weight excluding hydrogens is 426 g/mol. The zero-order valence-corrected chi connectivity index (χ0v) is 19.6. The Morgan fingerprint density at radius 3 is 2.68 bits per heavy atom. The highest BCUT2D eigenvalue weighted by atomic mass is 16.2. The highest BCUT2D eigenvalue weighted by Gasteiger charge is 2.32. The molecule has 8 heteroatoms. The number of benzene rings is 1. The summed E-state index contributed by atoms with van der Waals surface area (Å²) in [4.78, 5) is 24.2. The molecule has 174 valence electrons. The second-order valence-corrected chi connectivity index (χ2v) is 9.24. The molecule has 1 amide bonds. The van der Waals surface area contributed by atoms with Crippen LogP contribution in [-0.2, 0) is 17.8 Å². The standard InChI is InChI=1S/C26H29N7O/c1-19-15-32(25-9-8-21(12-27)13-28-25)20(2)14-31(19)18-26(34)30-11-10-24-22(16-30)17-33(29-24)23-6-4-3-5-7-23/h3-9,13,17,19-20H,10-11,14-16,18H2,1-2H3/t19-,20+/m0/s1. The molecule has 34 heavy (non-hydrogen) atoms. The van der Waals surface area contributed by atoms with Crippen molar-refractivity contribution in [2.24, 2.45) is 0 Å². The van der Waals surface area contributed by atoms with Crippen LogP contribution >= 0.6 is 0 Å². The van der Waals surface area contributed by atoms with Gasteiger partial charge in [0.15, 0.2) is 0 Å². The zero-order valence-electron chi connectivity index (χ0n) is 19.6. The van der Waals surface area contributed by atoms with Gasteiger partial charge in [-0.25, -0.2) is 9.67 Å². The number of carbonyl (C=O) groups is 1. The normalized spacial score (nSPS) is 20.6. The van der Waals surface area contributed by atoms with Crippen molar-refractivity contribution in [2.75, 3.05) is 31.1 Å². The van der Waals surface area contributed by atoms with E-state index in [-0.39, 0.29) is 18.0 Å². The average Bonchev–Trinajstić information content (AvgIpc) is 3.30. The maximum atomic E-state index is 13.2. The third-order valence-corrected chi connectivity index (χ3v) is 6.86. The number of nitriles is 1. The number of hydrogen-bond donors (Lipinski definition) is 0. The molecule has 3 aromatic rings. The van der Waals surface area contributed by atoms with Crippen LogP contribution in [0.1, 0.15) is 30.7 Å². The van der Waals surface area contributed by atoms with Crippen LogP contribution in [0.4, 0.5) is 5.82 Å². The smallest absolute Gasteiger partial charge is 0.237 e. The predicted molar refractivity (Wildman–Crippen MR) is 129 cm³/mol. The molecule has 1 aromatic carbocycles. The number of aromatic nitrogens is 3. The van der Waals surface area contributed by atoms with E-state index in [4.69, 9.17) is 10.4 Å². The molecule has 0 N–H and O–H groups in total. The number of nitrogens with zero attached hydrogens (tertiary/aromatic N) is 7. The number of rotatable bonds is 4. The van der Waals surface area contributed by atoms with Crippen molar-refractivity contribution in [3.63, 3.8) is 0 Å². The van der Waals surface area contributed by atoms with Crippen molar-refractivity contribution < 1.29 is 4.79 Å². The first-order valence-electron chi connectivity index (χ1n) is 11.8. The Bertz CT molecular complexity index is 1200. The Balaban J connectivity index is 1.21. The summed E-state index contributed by atoms with van der Waals surface area (Å²) < 4.78 is 1.92. The largest absolute Gasteiger partial charge is 0.351 e. The molecule has 2 aliphatic rings. The van der Waals surface area contributed by atoms with E-state index < -0.39 is 0 Å². The minimum Gasteiger partial charge on any atom is -0.351 e. The molecule has 0 saturated carbocycles. The maximum Gasteiger partial charge on any atom is 0.237 e. The molecule has 2 aliphatic heterocycles. The van der Waals surface area contributed by atoms with Crippen molar-refractivity contribution in [3.8, 4) is 11.8 Å². The van der Waals surface area contributed by atoms with Crippen LogP contribution in [0.15, 0.2) is 54.9 Å². The molecule has 2 aromatic heterocycles. The summed E-state index contributed by atoms with van der Waals surface area (Å²) in [6.07, 6.45) is 4.45. The van der Waals surface area contributed by atoms with Gasteiger partial charge in [0.05, 0.1) is 23.5 Å². The first-order chi connectivity index (χ1) is 16.5. The van der Waals surface area contributed by atoms with Gasteiger partial charge in [0, 0.05) is 62.6 Å². The minimum absolute atomic E-state index is 0.169. The van der Waals surface area contributed by atoms with E-state index in [2.05, 4.69) is 40.9 Å². The maximum absolute atomic E-state index is 13.2. The monoisotopic (exact) mass is 455 g/mol. The molecule has 1 fully saturated rings. The van der Waals surface area contributed by atoms with E-state index in [9.17, 15) is 4.79 Å². The van der Waals surface area contributed by atoms with Crippen molar-refractivity contribution in [2.45, 2.75) is 38.9 Å². The summed E-state index contributed by atoms with van der Waals surface area (Å²) in [5.41, 5.74) is 3.81. The zero-order chi connectivity index (χ0) is 23.7. The molecule has 2 atom stereocenters. The van der Waals surface area contributed by atoms with Gasteiger partial charge in [0.25, 0.3) is 0 Å². The second kappa shape index (κ2) is 9.27. The number of carbonyl (C=O) groups excluding carboxylic acids is 1. The van der Waals surface area contributed by atoms with Crippen LogP contribution in [0.5, 0.6) is 0 Å². The van der Waals surface area contributed by atoms with E-state index in [1.165, 1.54) is 0 Å². The van der Waals surface area contributed by atoms with Gasteiger partial charge in [-0.3, -0.25) is 9.69 Å². The van der Waals surface area contributed by atoms with Gasteiger partial charge in [-0.1, -0.05) is 18.2 Å². The number of amides is 1. The van der Waals surface area contributed by atoms with Crippen LogP contribution in [-0.4, -0.2) is 68.7 Å². The lowest BCUT2D eigenvalue weighted by atomic mass is 10.1. The molecule has 1 saturated heterocycles. The van der Waals surface area contributed by atoms with Crippen LogP contribution in [0.25, 0.3) is 5.69 Å². The fourth-order valence-corrected chi connectivity index (χ4v) is 4.87. The summed E-state index contributed by atoms with van der Waals surface area (Å²) in [6.45, 7) is 7.64. The lowest BCUT2D eigenvalue weighted by molar-refractivity contribution is -0.134. The molecule has 4 heterocycles. The number of piperazine rings is 1. The Hall–Kier alpha value is -3.70. The van der Waals surface area contributed by atoms with E-state index >= 15 is 0 Å². The van der Waals surface area contributed by atoms with Crippen LogP contribution < -0.4 is 4.90 Å². The molecule has 0 aliphatic carbocycles. The van der Waals surface area contributed by atoms with Crippen LogP contribution in [0.2, 0.25) is 0 Å². The van der Waals surface area contributed by atoms with Crippen molar-refractivity contribution >= 4 is 11.7 Å². The fourth-order valence-electron chi connectivity index (χ4n) is 4.87. The molecule has 5 rings (SSSR count). The number of fused-ring (bicyclic) bond motifs is 1. The van der Waals surface area contributed by atoms with Gasteiger partial charge in [-0.05, 0) is 38.1 Å². The quantitative estimate of drug-likeness (QED) is 0.602. The van der Waals surface area contributed by atoms with Gasteiger partial charge in [-0.15, -0.1) is 0 Å². The van der Waals surface area contributed by atoms with Gasteiger partial charge < -0.3 is 9.80 Å². The van der Waals surface area contributed by atoms with Gasteiger partial charge in [0.2, 0.25) is 5.91 Å². The first-order valence-corrected chi connectivity index (χ1v) is 11.8. The third kappa shape index (κ3) is 4.39. The number of hydrogen-bond acceptors (Lipinski definition) is 6. The molecule has 0 bridgehead atoms. The fraction of sp³-hybridized carbons (Fsp3) is 0.385. The summed E-state index contributed by atoms with van der Waals surface area (Å²) >= 11 is 0. The van der Waals surface area contributed by atoms with Gasteiger partial charge in [-0.2, -0.15) is 10.4 Å². The van der Waals surface area contributed by atoms with Crippen molar-refractivity contribution in [1.82, 2.24) is 24.6 Å². The molecule has 0 unspecified atom stereocenters. The van der Waals surface area contributed by atoms with Crippen molar-refractivity contribution in [1.29, 1.82) is 5.26 Å². The van der Waals surface area contributed by atoms with Gasteiger partial charge in [0.1, 0.15) is 11.9 Å². The third-order valence-electron chi connectivity index (χ3n) is 6.86. The van der Waals surface area contributed by atoms with Gasteiger partial charge >= 0.3 is 0 Å². The number of pyridine rings is 1. The topological polar surface area (TPSA) is 81.3 Å². The second-order valence-electron chi connectivity index (χ2n) is 9.24. The Morgan fingerprint density at radius 1 is 1.12 bits per heavy atom. The predicted octanol–water partition coefficient (Wildman–Crippen LogP) is 2.62. The summed E-state index contributed by atoms with van der Waals surface area (Å²) in [5.74, 6) is 1.05. The highest BCUT2D eigenvalue weighted by Crippen LogP contribution is 2.23. The average molecular weight is 456 g/mol. The van der Waals surface area contributed by atoms with E-state index in [0.29, 0.717) is 25.2 Å². The highest BCUT2D eigenvalue weighted by molar-refractivity contribution is 5.78. The SMILES string of the molecule is C[C@@H]1CN(CC(=O)N2CCc3nn(-c4ccccc4)cc3C2)[C@@H](C)CN1c1ccc(C#N)cn1. The first kappa shape index (κ1) is 22.1. The molecular formula is C26H29N7O. The molecule has 0 radical (unpaired) electrons. The summed E-state index contributed by atoms with van der Waals surface area (Å²) in [6, 6.07) is 16.4. The van der Waals surface area contributed by atoms with E-state index in [0.717, 1.165) is 42.3 Å². The lowest BCUT2D eigenvalue weighted by Crippen LogP contribution is -2.58. The van der Waals surface area contributed by atoms with E-state index in [1.54, 1.807) is 12.3 Å². The van der Waals surface area contributed by atoms with Crippen molar-refractivity contribution in [3.05, 3.63) is 71.7 Å². The van der Waals surface area contributed by atoms with Crippen LogP contribution in [0.3, 0.4) is 0 Å². The Labute approximate surface area is 200 Å². The Morgan fingerprint density at radius 2 is 1.94 bits per heavy atom. The number of anilines is 1. The molecule has 8 nitrogen and oxygen atoms in total. The summed E-state index contributed by atoms with van der Waals surface area (Å²) in [5, 5.41) is 13.8. The summed E-state index contributed by atoms with van der Waals surface area (Å²) in [7, 11) is 0. The Kier molecular flexibility index (Phi) is 6.03.